The molecule has 0 saturated heterocycles. The third-order valence-corrected chi connectivity index (χ3v) is 2.20. The maximum atomic E-state index is 11.2. The lowest BCUT2D eigenvalue weighted by atomic mass is 10.5. The van der Waals surface area contributed by atoms with E-state index in [9.17, 15) is 4.79 Å². The van der Waals surface area contributed by atoms with Gasteiger partial charge in [0.05, 0.1) is 7.11 Å². The van der Waals surface area contributed by atoms with Crippen LogP contribution >= 0.6 is 40.2 Å². The number of carbonyl (C=O) groups excluding carboxylic acids is 1. The van der Waals surface area contributed by atoms with Crippen molar-refractivity contribution in [1.29, 1.82) is 0 Å². The van der Waals surface area contributed by atoms with Gasteiger partial charge in [0, 0.05) is 12.4 Å². The summed E-state index contributed by atoms with van der Waals surface area (Å²) in [5.41, 5.74) is 0.518. The van der Waals surface area contributed by atoms with Crippen LogP contribution in [0.1, 0.15) is 10.5 Å². The zero-order valence-electron chi connectivity index (χ0n) is 7.98. The Morgan fingerprint density at radius 2 is 2.06 bits per heavy atom. The van der Waals surface area contributed by atoms with Crippen molar-refractivity contribution in [3.8, 4) is 0 Å². The fourth-order valence-corrected chi connectivity index (χ4v) is 1.60. The van der Waals surface area contributed by atoms with Crippen molar-refractivity contribution in [2.45, 2.75) is 0 Å². The Morgan fingerprint density at radius 3 is 2.69 bits per heavy atom. The predicted octanol–water partition coefficient (Wildman–Crippen LogP) is 2.40. The van der Waals surface area contributed by atoms with Crippen LogP contribution in [0.25, 0.3) is 5.65 Å². The Labute approximate surface area is 111 Å². The second kappa shape index (κ2) is 4.99. The standard InChI is InChI=1S/C8H5Cl2N3O2.BrH/c1-15-8(14)4-2-13-3-5(9)12-6(10)7(13)11-4;/h2-3H,1H3;1H. The number of esters is 1. The van der Waals surface area contributed by atoms with Gasteiger partial charge in [0.25, 0.3) is 0 Å². The minimum atomic E-state index is -0.536. The third kappa shape index (κ3) is 2.28. The van der Waals surface area contributed by atoms with Crippen LogP contribution in [0.5, 0.6) is 0 Å². The second-order valence-electron chi connectivity index (χ2n) is 2.70. The molecule has 5 nitrogen and oxygen atoms in total. The molecule has 0 unspecified atom stereocenters. The van der Waals surface area contributed by atoms with Crippen molar-refractivity contribution >= 4 is 51.8 Å². The first-order chi connectivity index (χ1) is 7.11. The number of aromatic nitrogens is 3. The molecule has 0 bridgehead atoms. The molecule has 0 aliphatic rings. The highest BCUT2D eigenvalue weighted by molar-refractivity contribution is 8.93. The fraction of sp³-hybridized carbons (Fsp3) is 0.125. The maximum Gasteiger partial charge on any atom is 0.358 e. The Bertz CT molecular complexity index is 543. The minimum absolute atomic E-state index is 0. The molecule has 0 aliphatic heterocycles. The summed E-state index contributed by atoms with van der Waals surface area (Å²) in [6, 6.07) is 0. The van der Waals surface area contributed by atoms with Gasteiger partial charge in [-0.25, -0.2) is 14.8 Å². The van der Waals surface area contributed by atoms with Crippen LogP contribution in [-0.4, -0.2) is 27.4 Å². The lowest BCUT2D eigenvalue weighted by molar-refractivity contribution is 0.0595. The van der Waals surface area contributed by atoms with Crippen molar-refractivity contribution in [3.63, 3.8) is 0 Å². The number of methoxy groups -OCH3 is 1. The number of nitrogens with zero attached hydrogens (tertiary/aromatic N) is 3. The molecule has 0 radical (unpaired) electrons. The summed E-state index contributed by atoms with van der Waals surface area (Å²) in [5.74, 6) is -0.536. The van der Waals surface area contributed by atoms with Crippen molar-refractivity contribution in [3.05, 3.63) is 28.4 Å². The number of halogens is 3. The van der Waals surface area contributed by atoms with Gasteiger partial charge in [-0.2, -0.15) is 0 Å². The highest BCUT2D eigenvalue weighted by Crippen LogP contribution is 2.17. The van der Waals surface area contributed by atoms with Gasteiger partial charge in [0.1, 0.15) is 5.15 Å². The summed E-state index contributed by atoms with van der Waals surface area (Å²) in [6.45, 7) is 0. The van der Waals surface area contributed by atoms with Gasteiger partial charge in [-0.05, 0) is 0 Å². The van der Waals surface area contributed by atoms with Crippen LogP contribution in [0.4, 0.5) is 0 Å². The largest absolute Gasteiger partial charge is 0.464 e. The van der Waals surface area contributed by atoms with E-state index in [0.717, 1.165) is 0 Å². The van der Waals surface area contributed by atoms with E-state index in [4.69, 9.17) is 23.2 Å². The average Bonchev–Trinajstić information content (AvgIpc) is 2.60. The van der Waals surface area contributed by atoms with E-state index in [-0.39, 0.29) is 33.0 Å². The molecule has 2 rings (SSSR count). The normalized spacial score (nSPS) is 9.94. The molecule has 86 valence electrons. The number of carbonyl (C=O) groups is 1. The molecule has 2 aromatic heterocycles. The zero-order valence-corrected chi connectivity index (χ0v) is 11.2. The maximum absolute atomic E-state index is 11.2. The van der Waals surface area contributed by atoms with Gasteiger partial charge < -0.3 is 9.14 Å². The molecule has 0 fully saturated rings. The third-order valence-electron chi connectivity index (χ3n) is 1.76. The zero-order chi connectivity index (χ0) is 11.0. The molecule has 0 aromatic carbocycles. The van der Waals surface area contributed by atoms with Crippen molar-refractivity contribution in [1.82, 2.24) is 14.4 Å². The van der Waals surface area contributed by atoms with Crippen LogP contribution in [-0.2, 0) is 4.74 Å². The summed E-state index contributed by atoms with van der Waals surface area (Å²) in [7, 11) is 1.28. The van der Waals surface area contributed by atoms with Crippen LogP contribution < -0.4 is 0 Å². The quantitative estimate of drug-likeness (QED) is 0.755. The molecule has 0 saturated carbocycles. The lowest BCUT2D eigenvalue weighted by Crippen LogP contribution is -2.00. The van der Waals surface area contributed by atoms with Gasteiger partial charge in [-0.3, -0.25) is 0 Å². The van der Waals surface area contributed by atoms with Crippen LogP contribution in [0, 0.1) is 0 Å². The van der Waals surface area contributed by atoms with Crippen LogP contribution in [0.2, 0.25) is 10.3 Å². The fourth-order valence-electron chi connectivity index (χ4n) is 1.13. The van der Waals surface area contributed by atoms with E-state index in [0.29, 0.717) is 5.65 Å². The molecular formula is C8H6BrCl2N3O2. The molecule has 2 aromatic rings. The first-order valence-corrected chi connectivity index (χ1v) is 4.66. The summed E-state index contributed by atoms with van der Waals surface area (Å²) >= 11 is 11.5. The SMILES string of the molecule is Br.COC(=O)c1cn2cc(Cl)nc(Cl)c2n1. The van der Waals surface area contributed by atoms with Crippen molar-refractivity contribution in [2.75, 3.05) is 7.11 Å². The topological polar surface area (TPSA) is 56.5 Å². The number of fused-ring (bicyclic) bond motifs is 1. The number of hydrogen-bond donors (Lipinski definition) is 0. The van der Waals surface area contributed by atoms with Crippen molar-refractivity contribution in [2.24, 2.45) is 0 Å². The predicted molar refractivity (Wildman–Crippen MR) is 64.7 cm³/mol. The molecule has 2 heterocycles. The van der Waals surface area contributed by atoms with E-state index in [2.05, 4.69) is 14.7 Å². The molecule has 0 amide bonds. The van der Waals surface area contributed by atoms with E-state index in [1.807, 2.05) is 0 Å². The monoisotopic (exact) mass is 325 g/mol. The average molecular weight is 327 g/mol. The molecule has 0 aliphatic carbocycles. The van der Waals surface area contributed by atoms with Gasteiger partial charge >= 0.3 is 5.97 Å². The summed E-state index contributed by atoms with van der Waals surface area (Å²) in [4.78, 5) is 18.9. The Morgan fingerprint density at radius 1 is 1.38 bits per heavy atom. The number of rotatable bonds is 1. The molecule has 0 N–H and O–H groups in total. The smallest absolute Gasteiger partial charge is 0.358 e. The number of imidazole rings is 1. The summed E-state index contributed by atoms with van der Waals surface area (Å²) < 4.78 is 6.04. The summed E-state index contributed by atoms with van der Waals surface area (Å²) in [6.07, 6.45) is 2.98. The Kier molecular flexibility index (Phi) is 4.12. The van der Waals surface area contributed by atoms with Crippen LogP contribution in [0.3, 0.4) is 0 Å². The van der Waals surface area contributed by atoms with E-state index in [1.54, 1.807) is 0 Å². The van der Waals surface area contributed by atoms with E-state index in [1.165, 1.54) is 23.9 Å². The van der Waals surface area contributed by atoms with Crippen molar-refractivity contribution < 1.29 is 9.53 Å². The van der Waals surface area contributed by atoms with Crippen LogP contribution in [0.15, 0.2) is 12.4 Å². The number of ether oxygens (including phenoxy) is 1. The number of hydrogen-bond acceptors (Lipinski definition) is 4. The van der Waals surface area contributed by atoms with E-state index >= 15 is 0 Å². The van der Waals surface area contributed by atoms with Gasteiger partial charge in [0.2, 0.25) is 0 Å². The van der Waals surface area contributed by atoms with Gasteiger partial charge in [-0.15, -0.1) is 17.0 Å². The summed E-state index contributed by atoms with van der Waals surface area (Å²) in [5, 5.41) is 0.360. The Hall–Kier alpha value is -0.850. The molecule has 0 atom stereocenters. The second-order valence-corrected chi connectivity index (χ2v) is 3.45. The first kappa shape index (κ1) is 13.2. The van der Waals surface area contributed by atoms with Gasteiger partial charge in [-0.1, -0.05) is 23.2 Å². The molecule has 0 spiro atoms. The molecule has 8 heteroatoms. The lowest BCUT2D eigenvalue weighted by Gasteiger charge is -1.94. The minimum Gasteiger partial charge on any atom is -0.464 e. The van der Waals surface area contributed by atoms with E-state index < -0.39 is 5.97 Å². The molecule has 16 heavy (non-hydrogen) atoms. The highest BCUT2D eigenvalue weighted by Gasteiger charge is 2.13. The first-order valence-electron chi connectivity index (χ1n) is 3.91. The highest BCUT2D eigenvalue weighted by atomic mass is 79.9. The molecular weight excluding hydrogens is 321 g/mol. The van der Waals surface area contributed by atoms with Gasteiger partial charge in [0.15, 0.2) is 16.5 Å². The Balaban J connectivity index is 0.00000128.